The molecule has 246 valence electrons. The molecule has 0 aliphatic carbocycles. The first kappa shape index (κ1) is 35.4. The van der Waals surface area contributed by atoms with Gasteiger partial charge in [0, 0.05) is 25.0 Å². The Hall–Kier alpha value is -5.07. The van der Waals surface area contributed by atoms with E-state index in [9.17, 15) is 37.5 Å². The molecule has 0 heterocycles. The zero-order valence-corrected chi connectivity index (χ0v) is 25.9. The molecule has 3 aromatic rings. The summed E-state index contributed by atoms with van der Waals surface area (Å²) in [6.45, 7) is 4.86. The van der Waals surface area contributed by atoms with Gasteiger partial charge in [-0.2, -0.15) is 13.2 Å². The molecule has 0 aliphatic heterocycles. The molecule has 0 bridgehead atoms. The number of ether oxygens (including phenoxy) is 1. The first-order valence-electron chi connectivity index (χ1n) is 14.5. The number of hydrogen-bond donors (Lipinski definition) is 3. The molecule has 0 spiro atoms. The number of aliphatic carboxylic acids is 1. The van der Waals surface area contributed by atoms with Gasteiger partial charge in [0.2, 0.25) is 5.91 Å². The maximum absolute atomic E-state index is 13.4. The quantitative estimate of drug-likeness (QED) is 0.206. The van der Waals surface area contributed by atoms with Gasteiger partial charge in [0.25, 0.3) is 5.91 Å². The van der Waals surface area contributed by atoms with Crippen LogP contribution in [0, 0.1) is 5.92 Å². The molecule has 13 heteroatoms. The number of anilines is 3. The van der Waals surface area contributed by atoms with Crippen LogP contribution >= 0.6 is 0 Å². The molecule has 0 saturated carbocycles. The Balaban J connectivity index is 1.70. The van der Waals surface area contributed by atoms with Gasteiger partial charge in [-0.3, -0.25) is 14.4 Å². The van der Waals surface area contributed by atoms with Crippen LogP contribution in [0.2, 0.25) is 0 Å². The van der Waals surface area contributed by atoms with Crippen molar-refractivity contribution < 1.29 is 42.2 Å². The zero-order valence-electron chi connectivity index (χ0n) is 25.9. The molecule has 46 heavy (non-hydrogen) atoms. The summed E-state index contributed by atoms with van der Waals surface area (Å²) in [6, 6.07) is 16.6. The number of likely N-dealkylation sites (N-methyl/N-ethyl adjacent to an activating group) is 1. The third kappa shape index (κ3) is 9.98. The van der Waals surface area contributed by atoms with Crippen LogP contribution in [0.25, 0.3) is 0 Å². The number of urea groups is 1. The van der Waals surface area contributed by atoms with Crippen molar-refractivity contribution in [3.63, 3.8) is 0 Å². The molecular formula is C33H37F3N4O6. The lowest BCUT2D eigenvalue weighted by atomic mass is 10.0. The van der Waals surface area contributed by atoms with E-state index in [4.69, 9.17) is 4.74 Å². The minimum absolute atomic E-state index is 0.0397. The van der Waals surface area contributed by atoms with Crippen LogP contribution in [0.15, 0.2) is 72.8 Å². The number of alkyl halides is 3. The lowest BCUT2D eigenvalue weighted by molar-refractivity contribution is -0.138. The Bertz CT molecular complexity index is 1550. The molecule has 0 radical (unpaired) electrons. The summed E-state index contributed by atoms with van der Waals surface area (Å²) >= 11 is 0. The molecular weight excluding hydrogens is 605 g/mol. The van der Waals surface area contributed by atoms with Gasteiger partial charge in [-0.05, 0) is 67.3 Å². The molecule has 3 aromatic carbocycles. The van der Waals surface area contributed by atoms with Crippen LogP contribution in [-0.2, 0) is 20.6 Å². The predicted molar refractivity (Wildman–Crippen MR) is 168 cm³/mol. The van der Waals surface area contributed by atoms with Crippen molar-refractivity contribution in [3.8, 4) is 5.75 Å². The first-order valence-corrected chi connectivity index (χ1v) is 14.5. The second-order valence-corrected chi connectivity index (χ2v) is 11.0. The monoisotopic (exact) mass is 642 g/mol. The fourth-order valence-electron chi connectivity index (χ4n) is 4.30. The van der Waals surface area contributed by atoms with Gasteiger partial charge in [0.05, 0.1) is 23.7 Å². The number of para-hydroxylation sites is 2. The standard InChI is InChI=1S/C33H37F3N4O6/c1-21(2)15-16-40(29(41)19-37-32(45)38-25-11-7-9-23(17-25)22(3)31(43)44)27-13-5-6-14-28(27)46-20-30(42)39(4)26-12-8-10-24(18-26)33(34,35)36/h5-14,17-18,21-22H,15-16,19-20H2,1-4H3,(H,43,44)(H2,37,38,45). The average Bonchev–Trinajstić information content (AvgIpc) is 3.02. The normalized spacial score (nSPS) is 11.8. The van der Waals surface area contributed by atoms with Crippen molar-refractivity contribution in [3.05, 3.63) is 83.9 Å². The number of carboxylic acids is 1. The number of halogens is 3. The van der Waals surface area contributed by atoms with Crippen molar-refractivity contribution in [2.45, 2.75) is 39.3 Å². The Kier molecular flexibility index (Phi) is 12.1. The number of amides is 4. The van der Waals surface area contributed by atoms with Gasteiger partial charge in [-0.15, -0.1) is 0 Å². The fraction of sp³-hybridized carbons (Fsp3) is 0.333. The predicted octanol–water partition coefficient (Wildman–Crippen LogP) is 6.14. The Morgan fingerprint density at radius 3 is 2.28 bits per heavy atom. The van der Waals surface area contributed by atoms with Crippen molar-refractivity contribution in [2.75, 3.05) is 41.9 Å². The minimum Gasteiger partial charge on any atom is -0.482 e. The lowest BCUT2D eigenvalue weighted by Gasteiger charge is -2.26. The van der Waals surface area contributed by atoms with Gasteiger partial charge in [0.1, 0.15) is 5.75 Å². The lowest BCUT2D eigenvalue weighted by Crippen LogP contribution is -2.42. The number of nitrogens with zero attached hydrogens (tertiary/aromatic N) is 2. The topological polar surface area (TPSA) is 128 Å². The van der Waals surface area contributed by atoms with Crippen LogP contribution < -0.4 is 25.2 Å². The van der Waals surface area contributed by atoms with Crippen LogP contribution in [0.5, 0.6) is 5.75 Å². The second-order valence-electron chi connectivity index (χ2n) is 11.0. The van der Waals surface area contributed by atoms with E-state index in [1.165, 1.54) is 37.1 Å². The smallest absolute Gasteiger partial charge is 0.416 e. The minimum atomic E-state index is -4.57. The van der Waals surface area contributed by atoms with E-state index in [1.807, 2.05) is 13.8 Å². The van der Waals surface area contributed by atoms with Crippen molar-refractivity contribution >= 4 is 40.9 Å². The summed E-state index contributed by atoms with van der Waals surface area (Å²) in [5, 5.41) is 14.4. The summed E-state index contributed by atoms with van der Waals surface area (Å²) in [4.78, 5) is 52.7. The van der Waals surface area contributed by atoms with Crippen LogP contribution in [0.1, 0.15) is 44.2 Å². The van der Waals surface area contributed by atoms with Crippen molar-refractivity contribution in [1.29, 1.82) is 0 Å². The van der Waals surface area contributed by atoms with E-state index in [-0.39, 0.29) is 30.4 Å². The van der Waals surface area contributed by atoms with Crippen LogP contribution in [0.4, 0.5) is 35.0 Å². The summed E-state index contributed by atoms with van der Waals surface area (Å²) in [6.07, 6.45) is -3.96. The Morgan fingerprint density at radius 1 is 0.913 bits per heavy atom. The number of benzene rings is 3. The highest BCUT2D eigenvalue weighted by Gasteiger charge is 2.31. The molecule has 10 nitrogen and oxygen atoms in total. The van der Waals surface area contributed by atoms with Gasteiger partial charge in [-0.25, -0.2) is 4.79 Å². The molecule has 3 rings (SSSR count). The number of carbonyl (C=O) groups is 4. The van der Waals surface area contributed by atoms with Crippen molar-refractivity contribution in [1.82, 2.24) is 5.32 Å². The highest BCUT2D eigenvalue weighted by Crippen LogP contribution is 2.32. The number of hydrogen-bond acceptors (Lipinski definition) is 5. The second kappa shape index (κ2) is 15.8. The van der Waals surface area contributed by atoms with E-state index in [0.717, 1.165) is 17.0 Å². The van der Waals surface area contributed by atoms with Gasteiger partial charge in [0.15, 0.2) is 6.61 Å². The molecule has 0 saturated heterocycles. The van der Waals surface area contributed by atoms with Crippen molar-refractivity contribution in [2.24, 2.45) is 5.92 Å². The maximum Gasteiger partial charge on any atom is 0.416 e. The van der Waals surface area contributed by atoms with Gasteiger partial charge >= 0.3 is 18.2 Å². The molecule has 3 N–H and O–H groups in total. The maximum atomic E-state index is 13.4. The highest BCUT2D eigenvalue weighted by molar-refractivity contribution is 5.99. The molecule has 0 aliphatic rings. The number of carboxylic acid groups (broad SMARTS) is 1. The highest BCUT2D eigenvalue weighted by atomic mass is 19.4. The van der Waals surface area contributed by atoms with E-state index >= 15 is 0 Å². The summed E-state index contributed by atoms with van der Waals surface area (Å²) in [5.74, 6) is -2.45. The Morgan fingerprint density at radius 2 is 1.61 bits per heavy atom. The number of nitrogens with one attached hydrogen (secondary N) is 2. The van der Waals surface area contributed by atoms with Crippen LogP contribution in [0.3, 0.4) is 0 Å². The molecule has 1 atom stereocenters. The van der Waals surface area contributed by atoms with E-state index in [1.54, 1.807) is 42.5 Å². The zero-order chi connectivity index (χ0) is 34.0. The third-order valence-corrected chi connectivity index (χ3v) is 7.09. The molecule has 0 aromatic heterocycles. The molecule has 4 amide bonds. The molecule has 0 fully saturated rings. The van der Waals surface area contributed by atoms with E-state index < -0.39 is 48.1 Å². The molecule has 1 unspecified atom stereocenters. The first-order chi connectivity index (χ1) is 21.7. The van der Waals surface area contributed by atoms with Crippen LogP contribution in [-0.4, -0.2) is 55.7 Å². The number of rotatable bonds is 13. The summed E-state index contributed by atoms with van der Waals surface area (Å²) in [5.41, 5.74) is 0.347. The van der Waals surface area contributed by atoms with E-state index in [2.05, 4.69) is 10.6 Å². The SMILES string of the molecule is CC(C)CCN(C(=O)CNC(=O)Nc1cccc(C(C)C(=O)O)c1)c1ccccc1OCC(=O)N(C)c1cccc(C(F)(F)F)c1. The summed E-state index contributed by atoms with van der Waals surface area (Å²) < 4.78 is 45.3. The van der Waals surface area contributed by atoms with Gasteiger partial charge < -0.3 is 30.3 Å². The van der Waals surface area contributed by atoms with Gasteiger partial charge in [-0.1, -0.05) is 44.2 Å². The fourth-order valence-corrected chi connectivity index (χ4v) is 4.30. The van der Waals surface area contributed by atoms with E-state index in [0.29, 0.717) is 23.4 Å². The number of carbonyl (C=O) groups excluding carboxylic acids is 3. The Labute approximate surface area is 265 Å². The third-order valence-electron chi connectivity index (χ3n) is 7.09. The largest absolute Gasteiger partial charge is 0.482 e. The average molecular weight is 643 g/mol. The summed E-state index contributed by atoms with van der Waals surface area (Å²) in [7, 11) is 1.34.